The van der Waals surface area contributed by atoms with Gasteiger partial charge in [0.05, 0.1) is 12.0 Å². The number of nitrogens with two attached hydrogens (primary N) is 1. The summed E-state index contributed by atoms with van der Waals surface area (Å²) in [7, 11) is 0. The van der Waals surface area contributed by atoms with Crippen molar-refractivity contribution < 1.29 is 14.7 Å². The maximum absolute atomic E-state index is 12.0. The molecule has 1 fully saturated rings. The monoisotopic (exact) mass is 257 g/mol. The summed E-state index contributed by atoms with van der Waals surface area (Å²) in [6, 6.07) is 0. The normalized spacial score (nSPS) is 25.2. The summed E-state index contributed by atoms with van der Waals surface area (Å²) >= 11 is 0. The van der Waals surface area contributed by atoms with Crippen molar-refractivity contribution in [3.05, 3.63) is 0 Å². The van der Waals surface area contributed by atoms with Crippen LogP contribution in [0, 0.1) is 11.3 Å². The molecule has 1 aliphatic heterocycles. The Labute approximate surface area is 108 Å². The molecule has 0 bridgehead atoms. The Bertz CT molecular complexity index is 329. The van der Waals surface area contributed by atoms with E-state index in [1.54, 1.807) is 0 Å². The second kappa shape index (κ2) is 6.04. The van der Waals surface area contributed by atoms with Gasteiger partial charge in [-0.3, -0.25) is 4.79 Å². The fourth-order valence-electron chi connectivity index (χ4n) is 2.02. The standard InChI is InChI=1S/C12H23N3O3/c1-4-9-8(5-6-18-9)10(16)14-7-12(2,3)11(13)15-17/h8-9,17H,4-7H2,1-3H3,(H2,13,15)(H,14,16). The van der Waals surface area contributed by atoms with Crippen molar-refractivity contribution in [3.8, 4) is 0 Å². The smallest absolute Gasteiger partial charge is 0.225 e. The number of nitrogens with one attached hydrogen (secondary N) is 1. The predicted molar refractivity (Wildman–Crippen MR) is 68.3 cm³/mol. The molecule has 18 heavy (non-hydrogen) atoms. The van der Waals surface area contributed by atoms with Gasteiger partial charge >= 0.3 is 0 Å². The molecule has 1 amide bonds. The summed E-state index contributed by atoms with van der Waals surface area (Å²) in [6.45, 7) is 6.61. The molecule has 0 aromatic carbocycles. The third-order valence-electron chi connectivity index (χ3n) is 3.45. The zero-order valence-electron chi connectivity index (χ0n) is 11.3. The van der Waals surface area contributed by atoms with Crippen LogP contribution in [-0.2, 0) is 9.53 Å². The van der Waals surface area contributed by atoms with Gasteiger partial charge in [-0.15, -0.1) is 0 Å². The van der Waals surface area contributed by atoms with Crippen LogP contribution in [0.4, 0.5) is 0 Å². The fraction of sp³-hybridized carbons (Fsp3) is 0.833. The first-order chi connectivity index (χ1) is 8.42. The van der Waals surface area contributed by atoms with Crippen molar-refractivity contribution in [2.45, 2.75) is 39.7 Å². The SMILES string of the molecule is CCC1OCCC1C(=O)NCC(C)(C)C(N)=NO. The molecule has 0 radical (unpaired) electrons. The molecule has 1 saturated heterocycles. The van der Waals surface area contributed by atoms with Crippen LogP contribution >= 0.6 is 0 Å². The van der Waals surface area contributed by atoms with Crippen LogP contribution < -0.4 is 11.1 Å². The highest BCUT2D eigenvalue weighted by atomic mass is 16.5. The summed E-state index contributed by atoms with van der Waals surface area (Å²) in [5, 5.41) is 14.5. The van der Waals surface area contributed by atoms with E-state index < -0.39 is 5.41 Å². The van der Waals surface area contributed by atoms with Crippen LogP contribution in [0.25, 0.3) is 0 Å². The number of hydrogen-bond donors (Lipinski definition) is 3. The average molecular weight is 257 g/mol. The Morgan fingerprint density at radius 1 is 1.61 bits per heavy atom. The minimum Gasteiger partial charge on any atom is -0.409 e. The van der Waals surface area contributed by atoms with Gasteiger partial charge in [0.25, 0.3) is 0 Å². The van der Waals surface area contributed by atoms with E-state index in [4.69, 9.17) is 15.7 Å². The highest BCUT2D eigenvalue weighted by molar-refractivity contribution is 5.86. The van der Waals surface area contributed by atoms with Crippen molar-refractivity contribution in [1.82, 2.24) is 5.32 Å². The number of hydrogen-bond acceptors (Lipinski definition) is 4. The molecule has 4 N–H and O–H groups in total. The quantitative estimate of drug-likeness (QED) is 0.292. The summed E-state index contributed by atoms with van der Waals surface area (Å²) in [4.78, 5) is 12.0. The Morgan fingerprint density at radius 3 is 2.83 bits per heavy atom. The van der Waals surface area contributed by atoms with E-state index in [-0.39, 0.29) is 23.8 Å². The lowest BCUT2D eigenvalue weighted by atomic mass is 9.91. The molecule has 6 nitrogen and oxygen atoms in total. The van der Waals surface area contributed by atoms with Crippen molar-refractivity contribution in [2.24, 2.45) is 22.2 Å². The lowest BCUT2D eigenvalue weighted by Crippen LogP contribution is -2.45. The Morgan fingerprint density at radius 2 is 2.28 bits per heavy atom. The highest BCUT2D eigenvalue weighted by Crippen LogP contribution is 2.24. The van der Waals surface area contributed by atoms with Gasteiger partial charge in [-0.2, -0.15) is 0 Å². The Kier molecular flexibility index (Phi) is 4.95. The molecule has 0 saturated carbocycles. The van der Waals surface area contributed by atoms with Crippen molar-refractivity contribution >= 4 is 11.7 Å². The molecule has 0 spiro atoms. The zero-order valence-corrected chi connectivity index (χ0v) is 11.3. The molecule has 6 heteroatoms. The number of amidine groups is 1. The van der Waals surface area contributed by atoms with Gasteiger partial charge in [0, 0.05) is 18.6 Å². The molecule has 1 rings (SSSR count). The van der Waals surface area contributed by atoms with Gasteiger partial charge < -0.3 is 21.0 Å². The third-order valence-corrected chi connectivity index (χ3v) is 3.45. The van der Waals surface area contributed by atoms with E-state index in [0.29, 0.717) is 13.2 Å². The second-order valence-corrected chi connectivity index (χ2v) is 5.30. The molecule has 2 unspecified atom stereocenters. The van der Waals surface area contributed by atoms with Crippen LogP contribution in [0.15, 0.2) is 5.16 Å². The number of carbonyl (C=O) groups is 1. The molecule has 1 heterocycles. The summed E-state index contributed by atoms with van der Waals surface area (Å²) in [5.74, 6) is 0.00812. The third kappa shape index (κ3) is 3.35. The van der Waals surface area contributed by atoms with Gasteiger partial charge in [0.15, 0.2) is 0 Å². The average Bonchev–Trinajstić information content (AvgIpc) is 2.83. The van der Waals surface area contributed by atoms with Gasteiger partial charge in [-0.05, 0) is 12.8 Å². The van der Waals surface area contributed by atoms with Crippen LogP contribution in [0.5, 0.6) is 0 Å². The van der Waals surface area contributed by atoms with E-state index in [1.165, 1.54) is 0 Å². The first kappa shape index (κ1) is 14.8. The van der Waals surface area contributed by atoms with Gasteiger partial charge in [0.2, 0.25) is 5.91 Å². The minimum absolute atomic E-state index is 0.0111. The lowest BCUT2D eigenvalue weighted by molar-refractivity contribution is -0.127. The number of ether oxygens (including phenoxy) is 1. The lowest BCUT2D eigenvalue weighted by Gasteiger charge is -2.25. The topological polar surface area (TPSA) is 96.9 Å². The van der Waals surface area contributed by atoms with Crippen molar-refractivity contribution in [3.63, 3.8) is 0 Å². The summed E-state index contributed by atoms with van der Waals surface area (Å²) in [5.41, 5.74) is 5.00. The zero-order chi connectivity index (χ0) is 13.8. The van der Waals surface area contributed by atoms with Crippen LogP contribution in [0.3, 0.4) is 0 Å². The largest absolute Gasteiger partial charge is 0.409 e. The maximum atomic E-state index is 12.0. The fourth-order valence-corrected chi connectivity index (χ4v) is 2.02. The Hall–Kier alpha value is -1.30. The number of oxime groups is 1. The van der Waals surface area contributed by atoms with Gasteiger partial charge in [-0.1, -0.05) is 25.9 Å². The van der Waals surface area contributed by atoms with E-state index in [9.17, 15) is 4.79 Å². The van der Waals surface area contributed by atoms with Crippen LogP contribution in [-0.4, -0.2) is 36.2 Å². The molecular weight excluding hydrogens is 234 g/mol. The van der Waals surface area contributed by atoms with Gasteiger partial charge in [0.1, 0.15) is 5.84 Å². The first-order valence-electron chi connectivity index (χ1n) is 6.29. The van der Waals surface area contributed by atoms with E-state index in [1.807, 2.05) is 20.8 Å². The van der Waals surface area contributed by atoms with Gasteiger partial charge in [-0.25, -0.2) is 0 Å². The van der Waals surface area contributed by atoms with E-state index in [2.05, 4.69) is 10.5 Å². The molecule has 0 aliphatic carbocycles. The van der Waals surface area contributed by atoms with Crippen LogP contribution in [0.2, 0.25) is 0 Å². The molecule has 2 atom stereocenters. The van der Waals surface area contributed by atoms with Crippen LogP contribution in [0.1, 0.15) is 33.6 Å². The second-order valence-electron chi connectivity index (χ2n) is 5.30. The molecular formula is C12H23N3O3. The molecule has 0 aromatic heterocycles. The maximum Gasteiger partial charge on any atom is 0.225 e. The molecule has 0 aromatic rings. The van der Waals surface area contributed by atoms with Crippen molar-refractivity contribution in [2.75, 3.05) is 13.2 Å². The van der Waals surface area contributed by atoms with E-state index in [0.717, 1.165) is 12.8 Å². The number of carbonyl (C=O) groups excluding carboxylic acids is 1. The molecule has 104 valence electrons. The summed E-state index contributed by atoms with van der Waals surface area (Å²) < 4.78 is 5.49. The first-order valence-corrected chi connectivity index (χ1v) is 6.29. The number of nitrogens with zero attached hydrogens (tertiary/aromatic N) is 1. The number of amides is 1. The highest BCUT2D eigenvalue weighted by Gasteiger charge is 2.34. The molecule has 1 aliphatic rings. The Balaban J connectivity index is 2.51. The van der Waals surface area contributed by atoms with E-state index >= 15 is 0 Å². The number of rotatable bonds is 5. The predicted octanol–water partition coefficient (Wildman–Crippen LogP) is 0.690. The minimum atomic E-state index is -0.564. The van der Waals surface area contributed by atoms with Crippen molar-refractivity contribution in [1.29, 1.82) is 0 Å². The summed E-state index contributed by atoms with van der Waals surface area (Å²) in [6.07, 6.45) is 1.60.